The SMILES string of the molecule is COc1ccc2cc3[n+](cc2c1OC)CCc1cc2c(cc1-3)OCO2.Cl.O=S(=O)(c1cccc2cnccc12)N1CCCNCC1. The van der Waals surface area contributed by atoms with E-state index in [1.807, 2.05) is 12.1 Å². The predicted octanol–water partition coefficient (Wildman–Crippen LogP) is 4.74. The van der Waals surface area contributed by atoms with E-state index in [4.69, 9.17) is 18.9 Å². The van der Waals surface area contributed by atoms with E-state index in [2.05, 4.69) is 45.3 Å². The van der Waals surface area contributed by atoms with Crippen LogP contribution in [0.15, 0.2) is 78.1 Å². The van der Waals surface area contributed by atoms with Crippen LogP contribution < -0.4 is 28.8 Å². The molecule has 2 aromatic heterocycles. The summed E-state index contributed by atoms with van der Waals surface area (Å²) in [4.78, 5) is 4.42. The summed E-state index contributed by atoms with van der Waals surface area (Å²) in [7, 11) is -0.108. The second kappa shape index (κ2) is 13.3. The molecule has 0 unspecified atom stereocenters. The number of methoxy groups -OCH3 is 2. The summed E-state index contributed by atoms with van der Waals surface area (Å²) in [6, 6.07) is 17.5. The molecule has 0 aliphatic carbocycles. The maximum atomic E-state index is 12.8. The van der Waals surface area contributed by atoms with Crippen LogP contribution in [0.4, 0.5) is 0 Å². The number of nitrogens with zero attached hydrogens (tertiary/aromatic N) is 3. The predicted molar refractivity (Wildman–Crippen MR) is 178 cm³/mol. The van der Waals surface area contributed by atoms with Crippen molar-refractivity contribution in [3.8, 4) is 34.3 Å². The average Bonchev–Trinajstić information content (AvgIpc) is 3.35. The van der Waals surface area contributed by atoms with Crippen molar-refractivity contribution >= 4 is 44.0 Å². The fraction of sp³-hybridized carbons (Fsp3) is 0.294. The highest BCUT2D eigenvalue weighted by atomic mass is 35.5. The van der Waals surface area contributed by atoms with Crippen molar-refractivity contribution < 1.29 is 31.9 Å². The summed E-state index contributed by atoms with van der Waals surface area (Å²) < 4.78 is 51.6. The molecular formula is C34H36ClN4O6S+. The standard InChI is InChI=1S/C20H18NO4.C14H17N3O2S.ClH/c1-22-17-4-3-12-7-16-14-9-19-18(24-11-25-19)8-13(14)5-6-21(16)10-15(12)20(17)23-2;18-20(19,17-9-2-6-15-8-10-17)14-4-1-3-12-11-16-7-5-13(12)14;/h3-4,7-10H,5-6,11H2,1-2H3;1,3-5,7,11,15H,2,6,8-10H2;1H/q+1;;. The van der Waals surface area contributed by atoms with Gasteiger partial charge in [0.15, 0.2) is 35.7 Å². The number of hydrogen-bond acceptors (Lipinski definition) is 8. The third-order valence-electron chi connectivity index (χ3n) is 8.56. The van der Waals surface area contributed by atoms with Crippen LogP contribution in [0, 0.1) is 0 Å². The van der Waals surface area contributed by atoms with Gasteiger partial charge in [0.25, 0.3) is 0 Å². The van der Waals surface area contributed by atoms with E-state index < -0.39 is 10.0 Å². The Morgan fingerprint density at radius 2 is 1.78 bits per heavy atom. The zero-order chi connectivity index (χ0) is 31.0. The van der Waals surface area contributed by atoms with Crippen LogP contribution in [0.3, 0.4) is 0 Å². The van der Waals surface area contributed by atoms with E-state index >= 15 is 0 Å². The first-order valence-electron chi connectivity index (χ1n) is 15.0. The molecule has 5 heterocycles. The van der Waals surface area contributed by atoms with Gasteiger partial charge in [-0.05, 0) is 60.3 Å². The molecule has 12 heteroatoms. The Bertz CT molecular complexity index is 2010. The monoisotopic (exact) mass is 663 g/mol. The molecule has 5 aromatic rings. The molecule has 10 nitrogen and oxygen atoms in total. The van der Waals surface area contributed by atoms with E-state index in [1.165, 1.54) is 16.8 Å². The Morgan fingerprint density at radius 3 is 2.61 bits per heavy atom. The first kappa shape index (κ1) is 31.8. The molecule has 0 atom stereocenters. The molecule has 46 heavy (non-hydrogen) atoms. The number of halogens is 1. The van der Waals surface area contributed by atoms with E-state index in [0.29, 0.717) is 31.3 Å². The third kappa shape index (κ3) is 5.79. The fourth-order valence-electron chi connectivity index (χ4n) is 6.29. The van der Waals surface area contributed by atoms with Gasteiger partial charge in [0.05, 0.1) is 30.1 Å². The Hall–Kier alpha value is -4.16. The minimum atomic E-state index is -3.45. The van der Waals surface area contributed by atoms with Crippen LogP contribution in [0.2, 0.25) is 0 Å². The van der Waals surface area contributed by atoms with Crippen LogP contribution >= 0.6 is 12.4 Å². The molecule has 1 saturated heterocycles. The number of aryl methyl sites for hydroxylation is 2. The van der Waals surface area contributed by atoms with Crippen LogP contribution in [0.1, 0.15) is 12.0 Å². The zero-order valence-corrected chi connectivity index (χ0v) is 27.3. The van der Waals surface area contributed by atoms with Gasteiger partial charge < -0.3 is 24.3 Å². The molecule has 0 bridgehead atoms. The Balaban J connectivity index is 0.000000162. The van der Waals surface area contributed by atoms with Crippen molar-refractivity contribution in [3.63, 3.8) is 0 Å². The third-order valence-corrected chi connectivity index (χ3v) is 10.5. The molecule has 0 amide bonds. The van der Waals surface area contributed by atoms with Crippen LogP contribution in [-0.2, 0) is 23.0 Å². The summed E-state index contributed by atoms with van der Waals surface area (Å²) >= 11 is 0. The number of sulfonamides is 1. The zero-order valence-electron chi connectivity index (χ0n) is 25.7. The number of hydrogen-bond donors (Lipinski definition) is 1. The van der Waals surface area contributed by atoms with Crippen LogP contribution in [0.5, 0.6) is 23.0 Å². The van der Waals surface area contributed by atoms with E-state index in [0.717, 1.165) is 70.5 Å². The number of pyridine rings is 2. The molecule has 0 spiro atoms. The Labute approximate surface area is 274 Å². The summed E-state index contributed by atoms with van der Waals surface area (Å²) in [6.07, 6.45) is 7.27. The lowest BCUT2D eigenvalue weighted by Crippen LogP contribution is -2.40. The van der Waals surface area contributed by atoms with Crippen molar-refractivity contribution in [3.05, 3.63) is 78.8 Å². The maximum Gasteiger partial charge on any atom is 0.243 e. The van der Waals surface area contributed by atoms with Crippen molar-refractivity contribution in [2.75, 3.05) is 47.2 Å². The van der Waals surface area contributed by atoms with E-state index in [-0.39, 0.29) is 12.4 Å². The van der Waals surface area contributed by atoms with Crippen molar-refractivity contribution in [2.45, 2.75) is 24.3 Å². The van der Waals surface area contributed by atoms with Gasteiger partial charge >= 0.3 is 0 Å². The highest BCUT2D eigenvalue weighted by molar-refractivity contribution is 7.89. The fourth-order valence-corrected chi connectivity index (χ4v) is 7.98. The number of nitrogens with one attached hydrogen (secondary N) is 1. The topological polar surface area (TPSA) is 103 Å². The molecule has 1 fully saturated rings. The van der Waals surface area contributed by atoms with Gasteiger partial charge in [-0.25, -0.2) is 8.42 Å². The number of benzene rings is 3. The molecule has 3 aliphatic rings. The average molecular weight is 664 g/mol. The normalized spacial score (nSPS) is 15.5. The Morgan fingerprint density at radius 1 is 0.935 bits per heavy atom. The first-order chi connectivity index (χ1) is 22.0. The lowest BCUT2D eigenvalue weighted by molar-refractivity contribution is -0.686. The van der Waals surface area contributed by atoms with Crippen molar-refractivity contribution in [2.24, 2.45) is 0 Å². The summed E-state index contributed by atoms with van der Waals surface area (Å²) in [6.45, 7) is 3.86. The first-order valence-corrected chi connectivity index (χ1v) is 16.5. The van der Waals surface area contributed by atoms with Gasteiger partial charge in [-0.3, -0.25) is 4.98 Å². The van der Waals surface area contributed by atoms with Gasteiger partial charge in [0.2, 0.25) is 22.5 Å². The maximum absolute atomic E-state index is 12.8. The lowest BCUT2D eigenvalue weighted by Gasteiger charge is -2.20. The summed E-state index contributed by atoms with van der Waals surface area (Å²) in [5.41, 5.74) is 3.68. The molecule has 3 aliphatic heterocycles. The van der Waals surface area contributed by atoms with Gasteiger partial charge in [0, 0.05) is 55.3 Å². The van der Waals surface area contributed by atoms with Gasteiger partial charge in [-0.1, -0.05) is 12.1 Å². The Kier molecular flexibility index (Phi) is 9.19. The van der Waals surface area contributed by atoms with Crippen molar-refractivity contribution in [1.82, 2.24) is 14.6 Å². The number of rotatable bonds is 4. The van der Waals surface area contributed by atoms with Crippen molar-refractivity contribution in [1.29, 1.82) is 0 Å². The second-order valence-corrected chi connectivity index (χ2v) is 13.0. The molecule has 8 rings (SSSR count). The van der Waals surface area contributed by atoms with Gasteiger partial charge in [-0.15, -0.1) is 12.4 Å². The summed E-state index contributed by atoms with van der Waals surface area (Å²) in [5.74, 6) is 3.18. The van der Waals surface area contributed by atoms with Gasteiger partial charge in [0.1, 0.15) is 0 Å². The smallest absolute Gasteiger partial charge is 0.243 e. The largest absolute Gasteiger partial charge is 0.493 e. The minimum absolute atomic E-state index is 0. The number of fused-ring (bicyclic) bond motifs is 6. The van der Waals surface area contributed by atoms with Crippen LogP contribution in [-0.4, -0.2) is 64.9 Å². The molecule has 240 valence electrons. The quantitative estimate of drug-likeness (QED) is 0.275. The highest BCUT2D eigenvalue weighted by Gasteiger charge is 2.29. The van der Waals surface area contributed by atoms with E-state index in [9.17, 15) is 8.42 Å². The molecule has 3 aromatic carbocycles. The molecule has 0 saturated carbocycles. The minimum Gasteiger partial charge on any atom is -0.493 e. The molecule has 1 N–H and O–H groups in total. The van der Waals surface area contributed by atoms with Crippen LogP contribution in [0.25, 0.3) is 32.8 Å². The van der Waals surface area contributed by atoms with E-state index in [1.54, 1.807) is 49.1 Å². The second-order valence-electron chi connectivity index (χ2n) is 11.1. The molecular weight excluding hydrogens is 628 g/mol. The number of ether oxygens (including phenoxy) is 4. The lowest BCUT2D eigenvalue weighted by atomic mass is 9.95. The molecule has 0 radical (unpaired) electrons. The highest BCUT2D eigenvalue weighted by Crippen LogP contribution is 2.41. The van der Waals surface area contributed by atoms with Gasteiger partial charge in [-0.2, -0.15) is 8.87 Å². The number of aromatic nitrogens is 2. The summed E-state index contributed by atoms with van der Waals surface area (Å²) in [5, 5.41) is 6.98.